The maximum atomic E-state index is 6.11. The zero-order chi connectivity index (χ0) is 14.3. The first-order chi connectivity index (χ1) is 9.06. The van der Waals surface area contributed by atoms with Crippen molar-refractivity contribution in [2.24, 2.45) is 4.99 Å². The highest BCUT2D eigenvalue weighted by Crippen LogP contribution is 2.20. The van der Waals surface area contributed by atoms with Gasteiger partial charge in [0.1, 0.15) is 0 Å². The van der Waals surface area contributed by atoms with Gasteiger partial charge < -0.3 is 15.4 Å². The van der Waals surface area contributed by atoms with Crippen LogP contribution in [0.2, 0.25) is 10.0 Å². The Balaban J connectivity index is 2.54. The first kappa shape index (κ1) is 16.1. The second-order valence-electron chi connectivity index (χ2n) is 4.16. The van der Waals surface area contributed by atoms with E-state index in [0.29, 0.717) is 29.2 Å². The molecule has 106 valence electrons. The zero-order valence-corrected chi connectivity index (χ0v) is 12.8. The molecule has 0 radical (unpaired) electrons. The predicted molar refractivity (Wildman–Crippen MR) is 81.1 cm³/mol. The highest BCUT2D eigenvalue weighted by Gasteiger charge is 2.06. The number of nitrogens with one attached hydrogen (secondary N) is 2. The third kappa shape index (κ3) is 5.68. The fourth-order valence-electron chi connectivity index (χ4n) is 1.56. The van der Waals surface area contributed by atoms with Gasteiger partial charge in [-0.05, 0) is 24.6 Å². The highest BCUT2D eigenvalue weighted by molar-refractivity contribution is 6.35. The van der Waals surface area contributed by atoms with Crippen molar-refractivity contribution in [3.05, 3.63) is 33.8 Å². The maximum absolute atomic E-state index is 6.11. The molecule has 0 amide bonds. The summed E-state index contributed by atoms with van der Waals surface area (Å²) in [5.41, 5.74) is 0.966. The van der Waals surface area contributed by atoms with Gasteiger partial charge >= 0.3 is 0 Å². The number of benzene rings is 1. The van der Waals surface area contributed by atoms with Gasteiger partial charge in [0.15, 0.2) is 5.96 Å². The molecule has 0 aliphatic heterocycles. The number of nitrogens with zero attached hydrogens (tertiary/aromatic N) is 1. The summed E-state index contributed by atoms with van der Waals surface area (Å²) in [6, 6.07) is 5.61. The van der Waals surface area contributed by atoms with Gasteiger partial charge in [0.25, 0.3) is 0 Å². The van der Waals surface area contributed by atoms with Gasteiger partial charge in [-0.2, -0.15) is 0 Å². The summed E-state index contributed by atoms with van der Waals surface area (Å²) in [4.78, 5) is 4.14. The summed E-state index contributed by atoms with van der Waals surface area (Å²) in [6.07, 6.45) is 0. The molecule has 4 nitrogen and oxygen atoms in total. The Morgan fingerprint density at radius 2 is 2.16 bits per heavy atom. The number of hydrogen-bond donors (Lipinski definition) is 2. The molecule has 1 atom stereocenters. The van der Waals surface area contributed by atoms with Crippen molar-refractivity contribution in [2.45, 2.75) is 19.5 Å². The van der Waals surface area contributed by atoms with Gasteiger partial charge in [0.05, 0.1) is 6.61 Å². The molecule has 0 aliphatic rings. The highest BCUT2D eigenvalue weighted by atomic mass is 35.5. The molecule has 0 aromatic heterocycles. The predicted octanol–water partition coefficient (Wildman–Crippen LogP) is 2.69. The molecule has 0 saturated heterocycles. The van der Waals surface area contributed by atoms with Gasteiger partial charge in [-0.25, -0.2) is 0 Å². The van der Waals surface area contributed by atoms with Crippen LogP contribution in [0, 0.1) is 0 Å². The van der Waals surface area contributed by atoms with E-state index in [1.807, 2.05) is 19.1 Å². The molecule has 0 saturated carbocycles. The van der Waals surface area contributed by atoms with E-state index in [1.165, 1.54) is 0 Å². The van der Waals surface area contributed by atoms with Gasteiger partial charge in [0, 0.05) is 36.8 Å². The number of guanidine groups is 1. The molecule has 0 aliphatic carbocycles. The molecule has 1 aromatic carbocycles. The van der Waals surface area contributed by atoms with Crippen LogP contribution < -0.4 is 10.6 Å². The lowest BCUT2D eigenvalue weighted by Crippen LogP contribution is -2.43. The van der Waals surface area contributed by atoms with Crippen LogP contribution in [0.5, 0.6) is 0 Å². The van der Waals surface area contributed by atoms with Gasteiger partial charge in [0.2, 0.25) is 0 Å². The summed E-state index contributed by atoms with van der Waals surface area (Å²) >= 11 is 12.0. The quantitative estimate of drug-likeness (QED) is 0.649. The van der Waals surface area contributed by atoms with E-state index in [2.05, 4.69) is 15.6 Å². The van der Waals surface area contributed by atoms with Crippen LogP contribution in [0.1, 0.15) is 12.5 Å². The minimum atomic E-state index is 0.178. The number of ether oxygens (including phenoxy) is 1. The third-order valence-electron chi connectivity index (χ3n) is 2.48. The van der Waals surface area contributed by atoms with Crippen LogP contribution in [0.4, 0.5) is 0 Å². The van der Waals surface area contributed by atoms with E-state index in [1.54, 1.807) is 20.2 Å². The average molecular weight is 304 g/mol. The summed E-state index contributed by atoms with van der Waals surface area (Å²) in [6.45, 7) is 3.21. The van der Waals surface area contributed by atoms with Crippen molar-refractivity contribution in [1.29, 1.82) is 0 Å². The summed E-state index contributed by atoms with van der Waals surface area (Å²) in [7, 11) is 3.39. The maximum Gasteiger partial charge on any atom is 0.191 e. The zero-order valence-electron chi connectivity index (χ0n) is 11.3. The van der Waals surface area contributed by atoms with E-state index in [0.717, 1.165) is 5.56 Å². The van der Waals surface area contributed by atoms with Crippen molar-refractivity contribution in [3.63, 3.8) is 0 Å². The fourth-order valence-corrected chi connectivity index (χ4v) is 2.04. The lowest BCUT2D eigenvalue weighted by atomic mass is 10.2. The Hall–Kier alpha value is -0.970. The van der Waals surface area contributed by atoms with Crippen LogP contribution >= 0.6 is 23.2 Å². The molecular weight excluding hydrogens is 285 g/mol. The Morgan fingerprint density at radius 1 is 1.42 bits per heavy atom. The molecule has 0 bridgehead atoms. The number of hydrogen-bond acceptors (Lipinski definition) is 2. The smallest absolute Gasteiger partial charge is 0.191 e. The van der Waals surface area contributed by atoms with Gasteiger partial charge in [-0.1, -0.05) is 29.3 Å². The molecule has 0 heterocycles. The monoisotopic (exact) mass is 303 g/mol. The molecular formula is C13H19Cl2N3O. The normalized spacial score (nSPS) is 13.2. The first-order valence-electron chi connectivity index (χ1n) is 5.97. The Labute approximate surface area is 124 Å². The molecule has 1 aromatic rings. The van der Waals surface area contributed by atoms with Crippen molar-refractivity contribution >= 4 is 29.2 Å². The van der Waals surface area contributed by atoms with E-state index >= 15 is 0 Å². The van der Waals surface area contributed by atoms with Crippen molar-refractivity contribution in [3.8, 4) is 0 Å². The summed E-state index contributed by atoms with van der Waals surface area (Å²) < 4.78 is 5.06. The van der Waals surface area contributed by atoms with E-state index in [-0.39, 0.29) is 6.04 Å². The first-order valence-corrected chi connectivity index (χ1v) is 6.72. The van der Waals surface area contributed by atoms with Crippen LogP contribution in [-0.2, 0) is 11.3 Å². The van der Waals surface area contributed by atoms with Crippen LogP contribution in [0.25, 0.3) is 0 Å². The van der Waals surface area contributed by atoms with Crippen molar-refractivity contribution in [1.82, 2.24) is 10.6 Å². The number of methoxy groups -OCH3 is 1. The van der Waals surface area contributed by atoms with Gasteiger partial charge in [-0.3, -0.25) is 4.99 Å². The average Bonchev–Trinajstić information content (AvgIpc) is 2.36. The Bertz CT molecular complexity index is 438. The minimum absolute atomic E-state index is 0.178. The Kier molecular flexibility index (Phi) is 6.99. The third-order valence-corrected chi connectivity index (χ3v) is 3.07. The fraction of sp³-hybridized carbons (Fsp3) is 0.462. The molecule has 6 heteroatoms. The summed E-state index contributed by atoms with van der Waals surface area (Å²) in [5.74, 6) is 0.704. The molecule has 19 heavy (non-hydrogen) atoms. The lowest BCUT2D eigenvalue weighted by molar-refractivity contribution is 0.179. The minimum Gasteiger partial charge on any atom is -0.383 e. The second-order valence-corrected chi connectivity index (χ2v) is 5.01. The number of rotatable bonds is 5. The van der Waals surface area contributed by atoms with Crippen molar-refractivity contribution < 1.29 is 4.74 Å². The molecule has 0 fully saturated rings. The largest absolute Gasteiger partial charge is 0.383 e. The van der Waals surface area contributed by atoms with Gasteiger partial charge in [-0.15, -0.1) is 0 Å². The standard InChI is InChI=1S/C13H19Cl2N3O/c1-9(8-19-3)18-13(16-2)17-7-10-4-5-11(14)6-12(10)15/h4-6,9H,7-8H2,1-3H3,(H2,16,17,18). The lowest BCUT2D eigenvalue weighted by Gasteiger charge is -2.17. The van der Waals surface area contributed by atoms with Crippen molar-refractivity contribution in [2.75, 3.05) is 20.8 Å². The number of aliphatic imine (C=N–C) groups is 1. The van der Waals surface area contributed by atoms with Crippen LogP contribution in [-0.4, -0.2) is 32.8 Å². The second kappa shape index (κ2) is 8.25. The Morgan fingerprint density at radius 3 is 2.74 bits per heavy atom. The van der Waals surface area contributed by atoms with Crippen LogP contribution in [0.3, 0.4) is 0 Å². The SMILES string of the molecule is CN=C(NCc1ccc(Cl)cc1Cl)NC(C)COC. The molecule has 2 N–H and O–H groups in total. The summed E-state index contributed by atoms with van der Waals surface area (Å²) in [5, 5.41) is 7.67. The number of halogens is 2. The van der Waals surface area contributed by atoms with E-state index < -0.39 is 0 Å². The van der Waals surface area contributed by atoms with E-state index in [9.17, 15) is 0 Å². The molecule has 1 unspecified atom stereocenters. The van der Waals surface area contributed by atoms with E-state index in [4.69, 9.17) is 27.9 Å². The molecule has 0 spiro atoms. The topological polar surface area (TPSA) is 45.7 Å². The molecule has 1 rings (SSSR count). The van der Waals surface area contributed by atoms with Crippen LogP contribution in [0.15, 0.2) is 23.2 Å².